The summed E-state index contributed by atoms with van der Waals surface area (Å²) in [4.78, 5) is 25.3. The number of nitrogens with one attached hydrogen (secondary N) is 1. The third-order valence-corrected chi connectivity index (χ3v) is 3.69. The van der Waals surface area contributed by atoms with Crippen LogP contribution in [0.2, 0.25) is 0 Å². The van der Waals surface area contributed by atoms with Gasteiger partial charge in [0, 0.05) is 17.7 Å². The van der Waals surface area contributed by atoms with E-state index in [2.05, 4.69) is 4.98 Å². The highest BCUT2D eigenvalue weighted by Crippen LogP contribution is 2.29. The summed E-state index contributed by atoms with van der Waals surface area (Å²) in [7, 11) is 0. The monoisotopic (exact) mass is 286 g/mol. The summed E-state index contributed by atoms with van der Waals surface area (Å²) in [5, 5.41) is 28.6. The molecule has 1 saturated heterocycles. The fraction of sp³-hybridized carbons (Fsp3) is 0.667. The third-order valence-electron chi connectivity index (χ3n) is 3.69. The second kappa shape index (κ2) is 5.88. The van der Waals surface area contributed by atoms with Gasteiger partial charge in [-0.05, 0) is 6.92 Å². The Morgan fingerprint density at radius 1 is 1.40 bits per heavy atom. The number of aliphatic hydroxyl groups is 3. The van der Waals surface area contributed by atoms with E-state index in [1.54, 1.807) is 6.92 Å². The zero-order valence-electron chi connectivity index (χ0n) is 11.0. The average molecular weight is 286 g/mol. The molecule has 1 aliphatic rings. The van der Waals surface area contributed by atoms with Crippen molar-refractivity contribution in [3.63, 3.8) is 0 Å². The van der Waals surface area contributed by atoms with Crippen molar-refractivity contribution in [3.05, 3.63) is 32.6 Å². The minimum absolute atomic E-state index is 0.0559. The molecular weight excluding hydrogens is 268 g/mol. The maximum atomic E-state index is 11.9. The Balaban J connectivity index is 2.42. The molecule has 0 aromatic carbocycles. The summed E-state index contributed by atoms with van der Waals surface area (Å²) in [5.74, 6) is -0.664. The molecule has 1 aliphatic heterocycles. The van der Waals surface area contributed by atoms with Gasteiger partial charge in [0.15, 0.2) is 0 Å². The lowest BCUT2D eigenvalue weighted by atomic mass is 9.88. The molecule has 8 nitrogen and oxygen atoms in total. The second-order valence-corrected chi connectivity index (χ2v) is 4.91. The number of nitrogens with zero attached hydrogens (tertiary/aromatic N) is 1. The van der Waals surface area contributed by atoms with Crippen LogP contribution in [0, 0.1) is 12.8 Å². The first-order valence-corrected chi connectivity index (χ1v) is 6.33. The number of rotatable bonds is 3. The molecule has 2 heterocycles. The average Bonchev–Trinajstić information content (AvgIpc) is 2.38. The predicted octanol–water partition coefficient (Wildman–Crippen LogP) is -2.25. The normalized spacial score (nSPS) is 30.4. The third kappa shape index (κ3) is 2.55. The van der Waals surface area contributed by atoms with Gasteiger partial charge in [-0.2, -0.15) is 0 Å². The molecule has 0 radical (unpaired) electrons. The Bertz CT molecular complexity index is 580. The molecule has 20 heavy (non-hydrogen) atoms. The van der Waals surface area contributed by atoms with Gasteiger partial charge in [0.05, 0.1) is 32.0 Å². The van der Waals surface area contributed by atoms with Gasteiger partial charge in [0.25, 0.3) is 5.56 Å². The van der Waals surface area contributed by atoms with Crippen LogP contribution in [0.4, 0.5) is 0 Å². The van der Waals surface area contributed by atoms with Crippen molar-refractivity contribution in [2.75, 3.05) is 19.8 Å². The van der Waals surface area contributed by atoms with Crippen LogP contribution in [0.3, 0.4) is 0 Å². The van der Waals surface area contributed by atoms with E-state index in [9.17, 15) is 19.8 Å². The van der Waals surface area contributed by atoms with E-state index >= 15 is 0 Å². The second-order valence-electron chi connectivity index (χ2n) is 4.91. The number of hydrogen-bond donors (Lipinski definition) is 4. The van der Waals surface area contributed by atoms with Crippen LogP contribution in [0.25, 0.3) is 0 Å². The molecule has 0 spiro atoms. The van der Waals surface area contributed by atoms with Crippen LogP contribution in [0.15, 0.2) is 15.7 Å². The van der Waals surface area contributed by atoms with E-state index in [0.717, 1.165) is 0 Å². The SMILES string of the molecule is Cc1cc(=O)[nH]c(=O)n1[C@@H]1CO[C@H](CO)[C@@H](O)C1CO. The fourth-order valence-corrected chi connectivity index (χ4v) is 2.64. The largest absolute Gasteiger partial charge is 0.396 e. The van der Waals surface area contributed by atoms with Crippen molar-refractivity contribution in [3.8, 4) is 0 Å². The Morgan fingerprint density at radius 2 is 2.10 bits per heavy atom. The minimum Gasteiger partial charge on any atom is -0.396 e. The fourth-order valence-electron chi connectivity index (χ4n) is 2.64. The minimum atomic E-state index is -1.10. The molecule has 1 unspecified atom stereocenters. The van der Waals surface area contributed by atoms with E-state index in [1.165, 1.54) is 10.6 Å². The van der Waals surface area contributed by atoms with E-state index in [-0.39, 0.29) is 19.8 Å². The highest BCUT2D eigenvalue weighted by atomic mass is 16.5. The number of aromatic nitrogens is 2. The van der Waals surface area contributed by atoms with Crippen molar-refractivity contribution in [2.45, 2.75) is 25.2 Å². The van der Waals surface area contributed by atoms with Crippen LogP contribution < -0.4 is 11.2 Å². The smallest absolute Gasteiger partial charge is 0.328 e. The van der Waals surface area contributed by atoms with Gasteiger partial charge in [0.1, 0.15) is 6.10 Å². The number of ether oxygens (including phenoxy) is 1. The molecule has 0 saturated carbocycles. The first-order valence-electron chi connectivity index (χ1n) is 6.33. The van der Waals surface area contributed by atoms with Crippen molar-refractivity contribution in [1.82, 2.24) is 9.55 Å². The lowest BCUT2D eigenvalue weighted by Gasteiger charge is -2.40. The lowest BCUT2D eigenvalue weighted by Crippen LogP contribution is -2.52. The predicted molar refractivity (Wildman–Crippen MR) is 68.5 cm³/mol. The Morgan fingerprint density at radius 3 is 2.65 bits per heavy atom. The van der Waals surface area contributed by atoms with Crippen LogP contribution in [0.1, 0.15) is 11.7 Å². The van der Waals surface area contributed by atoms with Crippen LogP contribution in [-0.4, -0.2) is 56.9 Å². The van der Waals surface area contributed by atoms with Gasteiger partial charge >= 0.3 is 5.69 Å². The molecule has 1 aromatic rings. The Labute approximate surface area is 114 Å². The number of H-pyrrole nitrogens is 1. The Hall–Kier alpha value is -1.48. The number of aryl methyl sites for hydroxylation is 1. The number of aromatic amines is 1. The molecular formula is C12H18N2O6. The first-order chi connectivity index (χ1) is 9.49. The van der Waals surface area contributed by atoms with Gasteiger partial charge in [0.2, 0.25) is 0 Å². The first kappa shape index (κ1) is 14.9. The van der Waals surface area contributed by atoms with E-state index in [1.807, 2.05) is 0 Å². The van der Waals surface area contributed by atoms with Gasteiger partial charge in [-0.25, -0.2) is 4.79 Å². The zero-order chi connectivity index (χ0) is 14.9. The molecule has 112 valence electrons. The highest BCUT2D eigenvalue weighted by molar-refractivity contribution is 5.03. The molecule has 8 heteroatoms. The zero-order valence-corrected chi connectivity index (χ0v) is 11.0. The molecule has 0 amide bonds. The maximum Gasteiger partial charge on any atom is 0.328 e. The molecule has 0 aliphatic carbocycles. The van der Waals surface area contributed by atoms with Crippen molar-refractivity contribution in [1.29, 1.82) is 0 Å². The van der Waals surface area contributed by atoms with Gasteiger partial charge < -0.3 is 20.1 Å². The number of hydrogen-bond acceptors (Lipinski definition) is 6. The molecule has 2 rings (SSSR count). The quantitative estimate of drug-likeness (QED) is 0.497. The summed E-state index contributed by atoms with van der Waals surface area (Å²) in [6.45, 7) is 0.913. The van der Waals surface area contributed by atoms with Crippen LogP contribution in [0.5, 0.6) is 0 Å². The summed E-state index contributed by atoms with van der Waals surface area (Å²) in [5.41, 5.74) is -0.702. The summed E-state index contributed by atoms with van der Waals surface area (Å²) < 4.78 is 6.61. The summed E-state index contributed by atoms with van der Waals surface area (Å²) >= 11 is 0. The van der Waals surface area contributed by atoms with Crippen LogP contribution in [-0.2, 0) is 4.74 Å². The molecule has 0 bridgehead atoms. The van der Waals surface area contributed by atoms with Crippen molar-refractivity contribution < 1.29 is 20.1 Å². The molecule has 4 atom stereocenters. The molecule has 1 aromatic heterocycles. The summed E-state index contributed by atoms with van der Waals surface area (Å²) in [6.07, 6.45) is -1.89. The summed E-state index contributed by atoms with van der Waals surface area (Å²) in [6, 6.07) is 0.655. The highest BCUT2D eigenvalue weighted by Gasteiger charge is 2.40. The maximum absolute atomic E-state index is 11.9. The topological polar surface area (TPSA) is 125 Å². The number of aliphatic hydroxyl groups excluding tert-OH is 3. The van der Waals surface area contributed by atoms with Gasteiger partial charge in [-0.3, -0.25) is 14.3 Å². The van der Waals surface area contributed by atoms with Crippen LogP contribution >= 0.6 is 0 Å². The molecule has 1 fully saturated rings. The molecule has 4 N–H and O–H groups in total. The van der Waals surface area contributed by atoms with E-state index < -0.39 is 35.4 Å². The standard InChI is InChI=1S/C12H18N2O6/c1-6-2-10(17)13-12(19)14(6)8-5-20-9(4-16)11(18)7(8)3-15/h2,7-9,11,15-16,18H,3-5H2,1H3,(H,13,17,19)/t7?,8-,9-,11+/m1/s1. The van der Waals surface area contributed by atoms with Gasteiger partial charge in [-0.15, -0.1) is 0 Å². The Kier molecular flexibility index (Phi) is 4.39. The van der Waals surface area contributed by atoms with E-state index in [0.29, 0.717) is 5.69 Å². The van der Waals surface area contributed by atoms with Crippen molar-refractivity contribution in [2.24, 2.45) is 5.92 Å². The lowest BCUT2D eigenvalue weighted by molar-refractivity contribution is -0.152. The van der Waals surface area contributed by atoms with Crippen molar-refractivity contribution >= 4 is 0 Å². The van der Waals surface area contributed by atoms with E-state index in [4.69, 9.17) is 9.84 Å². The van der Waals surface area contributed by atoms with Gasteiger partial charge in [-0.1, -0.05) is 0 Å².